The second-order valence-electron chi connectivity index (χ2n) is 6.20. The number of rotatable bonds is 10. The van der Waals surface area contributed by atoms with E-state index in [-0.39, 0.29) is 0 Å². The lowest BCUT2D eigenvalue weighted by atomic mass is 9.96. The Bertz CT molecular complexity index is 645. The minimum atomic E-state index is -1.57. The highest BCUT2D eigenvalue weighted by atomic mass is 35.7. The van der Waals surface area contributed by atoms with Gasteiger partial charge >= 0.3 is 0 Å². The molecule has 0 bridgehead atoms. The van der Waals surface area contributed by atoms with Crippen LogP contribution < -0.4 is 4.74 Å². The minimum absolute atomic E-state index is 0.292. The number of phenols is 1. The summed E-state index contributed by atoms with van der Waals surface area (Å²) >= 11 is 11.9. The van der Waals surface area contributed by atoms with Gasteiger partial charge in [-0.15, -0.1) is 0 Å². The van der Waals surface area contributed by atoms with Gasteiger partial charge in [-0.3, -0.25) is 0 Å². The van der Waals surface area contributed by atoms with E-state index in [2.05, 4.69) is 19.1 Å². The highest BCUT2D eigenvalue weighted by Gasteiger charge is 2.09. The number of aryl methyl sites for hydroxylation is 1. The van der Waals surface area contributed by atoms with Gasteiger partial charge in [0.05, 0.1) is 6.61 Å². The van der Waals surface area contributed by atoms with E-state index in [1.807, 2.05) is 24.3 Å². The zero-order valence-corrected chi connectivity index (χ0v) is 17.3. The van der Waals surface area contributed by atoms with Gasteiger partial charge in [0.1, 0.15) is 11.5 Å². The monoisotopic (exact) mass is 396 g/mol. The molecule has 1 N–H and O–H groups in total. The third kappa shape index (κ3) is 6.93. The Balaban J connectivity index is 2.06. The van der Waals surface area contributed by atoms with E-state index in [0.717, 1.165) is 54.4 Å². The summed E-state index contributed by atoms with van der Waals surface area (Å²) in [5, 5.41) is 9.81. The number of hydrogen-bond acceptors (Lipinski definition) is 2. The van der Waals surface area contributed by atoms with E-state index < -0.39 is 7.42 Å². The second-order valence-corrected chi connectivity index (χ2v) is 11.4. The van der Waals surface area contributed by atoms with Crippen molar-refractivity contribution in [1.82, 2.24) is 0 Å². The number of hydrogen-bond donors (Lipinski definition) is 1. The van der Waals surface area contributed by atoms with Crippen molar-refractivity contribution in [3.05, 3.63) is 48.0 Å². The van der Waals surface area contributed by atoms with Gasteiger partial charge in [-0.25, -0.2) is 0 Å². The molecule has 0 aliphatic carbocycles. The number of phenolic OH excluding ortho intramolecular Hbond substituents is 1. The molecule has 0 aromatic heterocycles. The van der Waals surface area contributed by atoms with Crippen molar-refractivity contribution in [2.24, 2.45) is 0 Å². The van der Waals surface area contributed by atoms with E-state index in [1.54, 1.807) is 6.07 Å². The molecule has 5 heteroatoms. The van der Waals surface area contributed by atoms with Crippen LogP contribution in [0.1, 0.15) is 38.2 Å². The van der Waals surface area contributed by atoms with Gasteiger partial charge in [0.15, 0.2) is 0 Å². The van der Waals surface area contributed by atoms with E-state index in [4.69, 9.17) is 26.9 Å². The van der Waals surface area contributed by atoms with Crippen LogP contribution in [0, 0.1) is 0 Å². The number of aromatic hydroxyl groups is 1. The Labute approximate surface area is 161 Å². The molecule has 25 heavy (non-hydrogen) atoms. The molecule has 0 heterocycles. The molecule has 0 aliphatic heterocycles. The minimum Gasteiger partial charge on any atom is -0.508 e. The SMILES string of the molecule is CCCCCOc1ccc(-c2ccc(O)cc2CCC[SiH](Cl)Cl)cc1. The van der Waals surface area contributed by atoms with Crippen molar-refractivity contribution < 1.29 is 9.84 Å². The van der Waals surface area contributed by atoms with Gasteiger partial charge in [-0.05, 0) is 66.3 Å². The van der Waals surface area contributed by atoms with Crippen LogP contribution in [-0.4, -0.2) is 19.1 Å². The molecule has 0 saturated carbocycles. The molecule has 2 rings (SSSR count). The molecule has 0 aliphatic rings. The van der Waals surface area contributed by atoms with Crippen LogP contribution in [0.5, 0.6) is 11.5 Å². The number of ether oxygens (including phenoxy) is 1. The number of halogens is 2. The van der Waals surface area contributed by atoms with Crippen LogP contribution in [0.2, 0.25) is 6.04 Å². The topological polar surface area (TPSA) is 29.5 Å². The predicted octanol–water partition coefficient (Wildman–Crippen LogP) is 6.26. The fourth-order valence-electron chi connectivity index (χ4n) is 2.79. The maximum Gasteiger partial charge on any atom is 0.237 e. The molecule has 2 nitrogen and oxygen atoms in total. The normalized spacial score (nSPS) is 11.0. The molecule has 2 aromatic carbocycles. The van der Waals surface area contributed by atoms with Gasteiger partial charge in [0, 0.05) is 0 Å². The lowest BCUT2D eigenvalue weighted by molar-refractivity contribution is 0.306. The van der Waals surface area contributed by atoms with Crippen molar-refractivity contribution in [2.45, 2.75) is 45.1 Å². The third-order valence-electron chi connectivity index (χ3n) is 4.14. The quantitative estimate of drug-likeness (QED) is 0.291. The third-order valence-corrected chi connectivity index (χ3v) is 6.29. The summed E-state index contributed by atoms with van der Waals surface area (Å²) < 4.78 is 5.77. The Hall–Kier alpha value is -1.16. The Morgan fingerprint density at radius 2 is 1.76 bits per heavy atom. The lowest BCUT2D eigenvalue weighted by Gasteiger charge is -2.12. The molecule has 2 aromatic rings. The Kier molecular flexibility index (Phi) is 8.66. The van der Waals surface area contributed by atoms with E-state index in [1.165, 1.54) is 12.8 Å². The van der Waals surface area contributed by atoms with E-state index in [9.17, 15) is 5.11 Å². The van der Waals surface area contributed by atoms with Crippen LogP contribution in [0.4, 0.5) is 0 Å². The maximum atomic E-state index is 9.81. The zero-order chi connectivity index (χ0) is 18.1. The Morgan fingerprint density at radius 3 is 2.44 bits per heavy atom. The lowest BCUT2D eigenvalue weighted by Crippen LogP contribution is -1.97. The van der Waals surface area contributed by atoms with Crippen LogP contribution in [-0.2, 0) is 6.42 Å². The molecule has 0 fully saturated rings. The molecule has 136 valence electrons. The van der Waals surface area contributed by atoms with Gasteiger partial charge < -0.3 is 9.84 Å². The zero-order valence-electron chi connectivity index (χ0n) is 14.7. The maximum absolute atomic E-state index is 9.81. The van der Waals surface area contributed by atoms with Gasteiger partial charge in [0.2, 0.25) is 7.42 Å². The predicted molar refractivity (Wildman–Crippen MR) is 111 cm³/mol. The standard InChI is InChI=1S/C20H26Cl2O2Si/c1-2-3-4-13-24-19-10-7-16(8-11-19)20-12-9-18(23)15-17(20)6-5-14-25(21)22/h7-12,15,23,25H,2-6,13-14H2,1H3. The summed E-state index contributed by atoms with van der Waals surface area (Å²) in [6.45, 7) is 2.95. The van der Waals surface area contributed by atoms with Crippen molar-refractivity contribution in [3.8, 4) is 22.6 Å². The largest absolute Gasteiger partial charge is 0.508 e. The van der Waals surface area contributed by atoms with Gasteiger partial charge in [-0.2, -0.15) is 22.2 Å². The first-order valence-corrected chi connectivity index (χ1v) is 13.2. The van der Waals surface area contributed by atoms with Gasteiger partial charge in [-0.1, -0.05) is 38.0 Å². The summed E-state index contributed by atoms with van der Waals surface area (Å²) in [7, 11) is -1.57. The summed E-state index contributed by atoms with van der Waals surface area (Å²) in [5.74, 6) is 1.19. The van der Waals surface area contributed by atoms with E-state index >= 15 is 0 Å². The van der Waals surface area contributed by atoms with Crippen LogP contribution in [0.15, 0.2) is 42.5 Å². The smallest absolute Gasteiger partial charge is 0.237 e. The van der Waals surface area contributed by atoms with Crippen molar-refractivity contribution in [3.63, 3.8) is 0 Å². The Morgan fingerprint density at radius 1 is 1.00 bits per heavy atom. The fraction of sp³-hybridized carbons (Fsp3) is 0.400. The average molecular weight is 397 g/mol. The summed E-state index contributed by atoms with van der Waals surface area (Å²) in [4.78, 5) is 0. The van der Waals surface area contributed by atoms with Crippen molar-refractivity contribution in [2.75, 3.05) is 6.61 Å². The number of unbranched alkanes of at least 4 members (excludes halogenated alkanes) is 2. The second kappa shape index (κ2) is 10.7. The summed E-state index contributed by atoms with van der Waals surface area (Å²) in [5.41, 5.74) is 3.39. The summed E-state index contributed by atoms with van der Waals surface area (Å²) in [6, 6.07) is 14.6. The van der Waals surface area contributed by atoms with Crippen LogP contribution >= 0.6 is 22.2 Å². The molecule has 0 radical (unpaired) electrons. The highest BCUT2D eigenvalue weighted by molar-refractivity contribution is 7.33. The first kappa shape index (κ1) is 20.2. The summed E-state index contributed by atoms with van der Waals surface area (Å²) in [6.07, 6.45) is 5.29. The highest BCUT2D eigenvalue weighted by Crippen LogP contribution is 2.30. The fourth-order valence-corrected chi connectivity index (χ4v) is 4.23. The molecular weight excluding hydrogens is 371 g/mol. The first-order valence-electron chi connectivity index (χ1n) is 8.93. The molecule has 0 spiro atoms. The van der Waals surface area contributed by atoms with E-state index in [0.29, 0.717) is 5.75 Å². The van der Waals surface area contributed by atoms with Crippen molar-refractivity contribution >= 4 is 29.6 Å². The molecule has 0 amide bonds. The number of benzene rings is 2. The molecule has 0 atom stereocenters. The van der Waals surface area contributed by atoms with Crippen LogP contribution in [0.25, 0.3) is 11.1 Å². The molecule has 0 saturated heterocycles. The van der Waals surface area contributed by atoms with Gasteiger partial charge in [0.25, 0.3) is 0 Å². The average Bonchev–Trinajstić information content (AvgIpc) is 2.59. The van der Waals surface area contributed by atoms with Crippen LogP contribution in [0.3, 0.4) is 0 Å². The molecule has 0 unspecified atom stereocenters. The first-order chi connectivity index (χ1) is 12.1. The molecular formula is C20H26Cl2O2Si. The van der Waals surface area contributed by atoms with Crippen molar-refractivity contribution in [1.29, 1.82) is 0 Å².